The molecule has 0 fully saturated rings. The van der Waals surface area contributed by atoms with Crippen LogP contribution in [0.2, 0.25) is 0 Å². The zero-order valence-corrected chi connectivity index (χ0v) is 9.77. The molecule has 0 aromatic heterocycles. The monoisotopic (exact) mass is 241 g/mol. The number of ether oxygens (including phenoxy) is 1. The Balaban J connectivity index is 2.30. The SMILES string of the molecule is O=[N+]1/C=C\Oc2ccccc2/C=C/C=N/C=C\C1. The Labute approximate surface area is 105 Å². The van der Waals surface area contributed by atoms with E-state index in [-0.39, 0.29) is 6.54 Å². The van der Waals surface area contributed by atoms with Gasteiger partial charge in [0, 0.05) is 33.7 Å². The largest absolute Gasteiger partial charge is 0.458 e. The third-order valence-corrected chi connectivity index (χ3v) is 2.27. The first-order valence-corrected chi connectivity index (χ1v) is 5.57. The van der Waals surface area contributed by atoms with Crippen LogP contribution in [-0.2, 0) is 0 Å². The summed E-state index contributed by atoms with van der Waals surface area (Å²) in [7, 11) is 0. The fourth-order valence-electron chi connectivity index (χ4n) is 1.42. The van der Waals surface area contributed by atoms with E-state index in [4.69, 9.17) is 4.74 Å². The molecule has 1 aromatic rings. The van der Waals surface area contributed by atoms with Crippen LogP contribution in [0.25, 0.3) is 6.08 Å². The second kappa shape index (κ2) is 6.30. The van der Waals surface area contributed by atoms with Crippen molar-refractivity contribution in [2.24, 2.45) is 4.99 Å². The number of benzene rings is 1. The molecule has 0 atom stereocenters. The van der Waals surface area contributed by atoms with E-state index in [0.717, 1.165) is 10.3 Å². The van der Waals surface area contributed by atoms with Gasteiger partial charge in [0.15, 0.2) is 6.26 Å². The quantitative estimate of drug-likeness (QED) is 0.655. The third kappa shape index (κ3) is 3.52. The molecule has 0 saturated carbocycles. The van der Waals surface area contributed by atoms with E-state index < -0.39 is 0 Å². The standard InChI is InChI=1S/C14H13N2O2/c17-16-10-4-9-15-8-3-6-13-5-1-2-7-14(13)18-12-11-16/h1-9,11-12H,10H2/q+1/b6-3+,9-4-,12-11-,15-8+. The van der Waals surface area contributed by atoms with Crippen LogP contribution in [0.1, 0.15) is 5.56 Å². The number of nitrogens with zero attached hydrogens (tertiary/aromatic N) is 2. The molecule has 90 valence electrons. The van der Waals surface area contributed by atoms with Crippen LogP contribution in [0.4, 0.5) is 0 Å². The van der Waals surface area contributed by atoms with Crippen LogP contribution in [0, 0.1) is 4.91 Å². The van der Waals surface area contributed by atoms with Crippen LogP contribution in [0.15, 0.2) is 60.1 Å². The van der Waals surface area contributed by atoms with Gasteiger partial charge in [0.2, 0.25) is 6.54 Å². The van der Waals surface area contributed by atoms with Gasteiger partial charge in [-0.2, -0.15) is 0 Å². The van der Waals surface area contributed by atoms with Crippen molar-refractivity contribution in [2.45, 2.75) is 0 Å². The number of aliphatic imine (C=N–C) groups is 1. The first-order chi connectivity index (χ1) is 8.86. The number of hydrogen-bond acceptors (Lipinski definition) is 3. The molecule has 2 rings (SSSR count). The Morgan fingerprint density at radius 1 is 1.28 bits per heavy atom. The Morgan fingerprint density at radius 3 is 3.11 bits per heavy atom. The molecule has 0 bridgehead atoms. The molecule has 1 aromatic carbocycles. The first-order valence-electron chi connectivity index (χ1n) is 5.57. The third-order valence-electron chi connectivity index (χ3n) is 2.27. The lowest BCUT2D eigenvalue weighted by molar-refractivity contribution is -0.468. The number of rotatable bonds is 0. The zero-order chi connectivity index (χ0) is 12.6. The molecule has 0 unspecified atom stereocenters. The lowest BCUT2D eigenvalue weighted by Crippen LogP contribution is -1.99. The normalized spacial score (nSPS) is 22.3. The molecule has 0 radical (unpaired) electrons. The van der Waals surface area contributed by atoms with E-state index in [2.05, 4.69) is 4.99 Å². The molecule has 1 heterocycles. The Morgan fingerprint density at radius 2 is 2.17 bits per heavy atom. The van der Waals surface area contributed by atoms with Gasteiger partial charge in [-0.1, -0.05) is 18.2 Å². The van der Waals surface area contributed by atoms with Crippen molar-refractivity contribution in [3.8, 4) is 5.75 Å². The smallest absolute Gasteiger partial charge is 0.256 e. The van der Waals surface area contributed by atoms with Gasteiger partial charge in [0.1, 0.15) is 5.75 Å². The van der Waals surface area contributed by atoms with Gasteiger partial charge in [0.05, 0.1) is 0 Å². The summed E-state index contributed by atoms with van der Waals surface area (Å²) in [5, 5.41) is 0. The number of allylic oxidation sites excluding steroid dienone is 1. The summed E-state index contributed by atoms with van der Waals surface area (Å²) in [5.74, 6) is 0.694. The minimum absolute atomic E-state index is 0.239. The molecule has 0 aliphatic carbocycles. The molecule has 0 saturated heterocycles. The fraction of sp³-hybridized carbons (Fsp3) is 0.0714. The lowest BCUT2D eigenvalue weighted by Gasteiger charge is -2.02. The van der Waals surface area contributed by atoms with E-state index in [1.807, 2.05) is 36.4 Å². The highest BCUT2D eigenvalue weighted by atomic mass is 16.5. The van der Waals surface area contributed by atoms with Gasteiger partial charge in [-0.15, -0.1) is 0 Å². The Bertz CT molecular complexity index is 542. The molecule has 0 amide bonds. The van der Waals surface area contributed by atoms with Gasteiger partial charge < -0.3 is 4.74 Å². The van der Waals surface area contributed by atoms with Crippen molar-refractivity contribution in [3.63, 3.8) is 0 Å². The van der Waals surface area contributed by atoms with Crippen molar-refractivity contribution in [1.29, 1.82) is 0 Å². The maximum absolute atomic E-state index is 11.3. The summed E-state index contributed by atoms with van der Waals surface area (Å²) in [5.41, 5.74) is 0.925. The highest BCUT2D eigenvalue weighted by Crippen LogP contribution is 2.19. The molecule has 0 N–H and O–H groups in total. The van der Waals surface area contributed by atoms with E-state index in [0.29, 0.717) is 5.75 Å². The summed E-state index contributed by atoms with van der Waals surface area (Å²) in [6, 6.07) is 7.57. The van der Waals surface area contributed by atoms with Gasteiger partial charge >= 0.3 is 0 Å². The molecule has 0 spiro atoms. The van der Waals surface area contributed by atoms with Crippen LogP contribution in [-0.4, -0.2) is 17.5 Å². The van der Waals surface area contributed by atoms with E-state index in [9.17, 15) is 4.91 Å². The number of nitroso groups, excluding NO2 is 1. The highest BCUT2D eigenvalue weighted by molar-refractivity contribution is 5.79. The van der Waals surface area contributed by atoms with Crippen molar-refractivity contribution < 1.29 is 9.50 Å². The molecule has 1 aliphatic heterocycles. The van der Waals surface area contributed by atoms with E-state index in [1.165, 1.54) is 12.5 Å². The van der Waals surface area contributed by atoms with Crippen molar-refractivity contribution in [2.75, 3.05) is 6.54 Å². The van der Waals surface area contributed by atoms with Gasteiger partial charge in [-0.05, 0) is 18.2 Å². The second-order valence-electron chi connectivity index (χ2n) is 3.58. The summed E-state index contributed by atoms with van der Waals surface area (Å²) in [6.07, 6.45) is 11.4. The predicted molar refractivity (Wildman–Crippen MR) is 71.4 cm³/mol. The van der Waals surface area contributed by atoms with E-state index >= 15 is 0 Å². The van der Waals surface area contributed by atoms with Crippen LogP contribution in [0.5, 0.6) is 5.75 Å². The van der Waals surface area contributed by atoms with Crippen LogP contribution < -0.4 is 4.74 Å². The summed E-state index contributed by atoms with van der Waals surface area (Å²) < 4.78 is 6.19. The topological polar surface area (TPSA) is 41.7 Å². The molecule has 4 nitrogen and oxygen atoms in total. The molecule has 1 aliphatic rings. The van der Waals surface area contributed by atoms with Crippen molar-refractivity contribution >= 4 is 12.3 Å². The number of fused-ring (bicyclic) bond motifs is 1. The highest BCUT2D eigenvalue weighted by Gasteiger charge is 2.01. The summed E-state index contributed by atoms with van der Waals surface area (Å²) in [4.78, 5) is 15.3. The zero-order valence-electron chi connectivity index (χ0n) is 9.77. The molecular formula is C14H13N2O2+. The van der Waals surface area contributed by atoms with Crippen LogP contribution >= 0.6 is 0 Å². The van der Waals surface area contributed by atoms with E-state index in [1.54, 1.807) is 18.5 Å². The maximum Gasteiger partial charge on any atom is 0.256 e. The number of hydrogen-bond donors (Lipinski definition) is 0. The second-order valence-corrected chi connectivity index (χ2v) is 3.58. The molecular weight excluding hydrogens is 228 g/mol. The average molecular weight is 241 g/mol. The molecule has 18 heavy (non-hydrogen) atoms. The maximum atomic E-state index is 11.3. The fourth-order valence-corrected chi connectivity index (χ4v) is 1.42. The minimum Gasteiger partial charge on any atom is -0.458 e. The number of para-hydroxylation sites is 1. The lowest BCUT2D eigenvalue weighted by atomic mass is 10.2. The average Bonchev–Trinajstić information content (AvgIpc) is 2.40. The predicted octanol–water partition coefficient (Wildman–Crippen LogP) is 2.93. The minimum atomic E-state index is 0.239. The summed E-state index contributed by atoms with van der Waals surface area (Å²) in [6.45, 7) is 0.239. The van der Waals surface area contributed by atoms with Gasteiger partial charge in [-0.3, -0.25) is 4.99 Å². The van der Waals surface area contributed by atoms with Gasteiger partial charge in [-0.25, -0.2) is 0 Å². The molecule has 4 heteroatoms. The van der Waals surface area contributed by atoms with Crippen LogP contribution in [0.3, 0.4) is 0 Å². The van der Waals surface area contributed by atoms with Crippen molar-refractivity contribution in [1.82, 2.24) is 0 Å². The Kier molecular flexibility index (Phi) is 4.19. The Hall–Kier alpha value is -2.49. The van der Waals surface area contributed by atoms with Gasteiger partial charge in [0.25, 0.3) is 6.20 Å². The van der Waals surface area contributed by atoms with Crippen molar-refractivity contribution in [3.05, 3.63) is 65.6 Å². The first kappa shape index (κ1) is 12.0. The summed E-state index contributed by atoms with van der Waals surface area (Å²) >= 11 is 0.